The number of unbranched alkanes of at least 4 members (excludes halogenated alkanes) is 1. The van der Waals surface area contributed by atoms with Gasteiger partial charge in [-0.05, 0) is 31.3 Å². The zero-order valence-corrected chi connectivity index (χ0v) is 17.2. The van der Waals surface area contributed by atoms with Gasteiger partial charge in [-0.3, -0.25) is 4.99 Å². The number of aliphatic imine (C=N–C) groups is 1. The number of anilines is 1. The van der Waals surface area contributed by atoms with Crippen molar-refractivity contribution >= 4 is 23.4 Å². The van der Waals surface area contributed by atoms with Crippen LogP contribution in [0.4, 0.5) is 5.69 Å². The highest BCUT2D eigenvalue weighted by molar-refractivity contribution is 7.98. The maximum atomic E-state index is 5.39. The molecule has 1 fully saturated rings. The molecule has 6 nitrogen and oxygen atoms in total. The van der Waals surface area contributed by atoms with E-state index in [9.17, 15) is 0 Å². The molecule has 2 rings (SSSR count). The molecule has 1 saturated heterocycles. The van der Waals surface area contributed by atoms with E-state index in [1.807, 2.05) is 24.9 Å². The van der Waals surface area contributed by atoms with Crippen LogP contribution >= 0.6 is 11.8 Å². The minimum absolute atomic E-state index is 0.379. The quantitative estimate of drug-likeness (QED) is 0.390. The molecule has 0 aromatic heterocycles. The molecule has 0 radical (unpaired) electrons. The third-order valence-corrected chi connectivity index (χ3v) is 5.22. The molecule has 0 saturated carbocycles. The summed E-state index contributed by atoms with van der Waals surface area (Å²) in [6.07, 6.45) is 5.63. The van der Waals surface area contributed by atoms with Crippen LogP contribution < -0.4 is 25.0 Å². The molecule has 1 aromatic rings. The predicted molar refractivity (Wildman–Crippen MR) is 112 cm³/mol. The van der Waals surface area contributed by atoms with Crippen molar-refractivity contribution in [3.63, 3.8) is 0 Å². The van der Waals surface area contributed by atoms with E-state index in [0.29, 0.717) is 6.04 Å². The van der Waals surface area contributed by atoms with Crippen molar-refractivity contribution in [1.82, 2.24) is 10.6 Å². The summed E-state index contributed by atoms with van der Waals surface area (Å²) in [5, 5.41) is 6.96. The summed E-state index contributed by atoms with van der Waals surface area (Å²) in [7, 11) is 5.19. The average molecular weight is 381 g/mol. The molecule has 146 valence electrons. The Bertz CT molecular complexity index is 560. The lowest BCUT2D eigenvalue weighted by molar-refractivity contribution is 0.394. The van der Waals surface area contributed by atoms with E-state index < -0.39 is 0 Å². The van der Waals surface area contributed by atoms with Gasteiger partial charge in [-0.15, -0.1) is 0 Å². The lowest BCUT2D eigenvalue weighted by Crippen LogP contribution is -2.44. The molecule has 0 aliphatic carbocycles. The van der Waals surface area contributed by atoms with Crippen molar-refractivity contribution in [2.45, 2.75) is 25.3 Å². The maximum Gasteiger partial charge on any atom is 0.191 e. The number of hydrogen-bond acceptors (Lipinski definition) is 5. The van der Waals surface area contributed by atoms with Crippen LogP contribution in [-0.2, 0) is 0 Å². The van der Waals surface area contributed by atoms with E-state index in [1.165, 1.54) is 18.6 Å². The summed E-state index contributed by atoms with van der Waals surface area (Å²) >= 11 is 1.90. The van der Waals surface area contributed by atoms with Crippen LogP contribution in [-0.4, -0.2) is 64.9 Å². The first-order valence-corrected chi connectivity index (χ1v) is 10.5. The lowest BCUT2D eigenvalue weighted by Gasteiger charge is -2.21. The van der Waals surface area contributed by atoms with Gasteiger partial charge in [-0.1, -0.05) is 0 Å². The fourth-order valence-corrected chi connectivity index (χ4v) is 3.55. The molecule has 0 spiro atoms. The molecule has 1 aliphatic rings. The largest absolute Gasteiger partial charge is 0.497 e. The fraction of sp³-hybridized carbons (Fsp3) is 0.632. The number of rotatable bonds is 9. The van der Waals surface area contributed by atoms with E-state index in [4.69, 9.17) is 9.47 Å². The molecule has 1 aromatic carbocycles. The zero-order chi connectivity index (χ0) is 18.8. The number of nitrogens with zero attached hydrogens (tertiary/aromatic N) is 2. The van der Waals surface area contributed by atoms with Gasteiger partial charge in [0, 0.05) is 56.6 Å². The van der Waals surface area contributed by atoms with Crippen LogP contribution in [0.2, 0.25) is 0 Å². The number of guanidine groups is 1. The van der Waals surface area contributed by atoms with Gasteiger partial charge in [0.2, 0.25) is 0 Å². The highest BCUT2D eigenvalue weighted by Gasteiger charge is 2.24. The molecule has 0 amide bonds. The summed E-state index contributed by atoms with van der Waals surface area (Å²) in [5.41, 5.74) is 1.13. The number of ether oxygens (including phenoxy) is 2. The van der Waals surface area contributed by atoms with Crippen molar-refractivity contribution in [3.05, 3.63) is 18.2 Å². The van der Waals surface area contributed by atoms with Crippen molar-refractivity contribution in [2.75, 3.05) is 57.8 Å². The van der Waals surface area contributed by atoms with Gasteiger partial charge >= 0.3 is 0 Å². The smallest absolute Gasteiger partial charge is 0.191 e. The van der Waals surface area contributed by atoms with Gasteiger partial charge < -0.3 is 25.0 Å². The minimum atomic E-state index is 0.379. The first-order chi connectivity index (χ1) is 12.7. The first kappa shape index (κ1) is 20.6. The number of nitrogens with one attached hydrogen (secondary N) is 2. The molecule has 1 aliphatic heterocycles. The van der Waals surface area contributed by atoms with Gasteiger partial charge in [-0.2, -0.15) is 11.8 Å². The van der Waals surface area contributed by atoms with E-state index in [2.05, 4.69) is 38.9 Å². The monoisotopic (exact) mass is 380 g/mol. The normalized spacial score (nSPS) is 17.3. The van der Waals surface area contributed by atoms with Gasteiger partial charge in [0.05, 0.1) is 14.2 Å². The Morgan fingerprint density at radius 3 is 2.58 bits per heavy atom. The second kappa shape index (κ2) is 11.1. The van der Waals surface area contributed by atoms with Crippen LogP contribution in [0.5, 0.6) is 11.5 Å². The molecule has 1 unspecified atom stereocenters. The molecule has 2 N–H and O–H groups in total. The lowest BCUT2D eigenvalue weighted by atomic mass is 10.2. The van der Waals surface area contributed by atoms with Crippen LogP contribution in [0.25, 0.3) is 0 Å². The third-order valence-electron chi connectivity index (χ3n) is 4.52. The summed E-state index contributed by atoms with van der Waals surface area (Å²) in [4.78, 5) is 6.71. The fourth-order valence-electron chi connectivity index (χ4n) is 3.05. The second-order valence-electron chi connectivity index (χ2n) is 6.35. The van der Waals surface area contributed by atoms with Gasteiger partial charge in [0.25, 0.3) is 0 Å². The SMILES string of the molecule is CN=C(NCCCCSC)NC1CCN(c2cc(OC)cc(OC)c2)C1. The number of thioether (sulfide) groups is 1. The highest BCUT2D eigenvalue weighted by Crippen LogP contribution is 2.30. The van der Waals surface area contributed by atoms with E-state index in [-0.39, 0.29) is 0 Å². The van der Waals surface area contributed by atoms with Crippen molar-refractivity contribution in [2.24, 2.45) is 4.99 Å². The standard InChI is InChI=1S/C19H32N4O2S/c1-20-19(21-8-5-6-10-26-4)22-15-7-9-23(14-15)16-11-17(24-2)13-18(12-16)25-3/h11-13,15H,5-10,14H2,1-4H3,(H2,20,21,22). The Kier molecular flexibility index (Phi) is 8.74. The Balaban J connectivity index is 1.85. The minimum Gasteiger partial charge on any atom is -0.497 e. The van der Waals surface area contributed by atoms with Crippen LogP contribution in [0, 0.1) is 0 Å². The topological polar surface area (TPSA) is 58.1 Å². The Labute approximate surface area is 161 Å². The average Bonchev–Trinajstić information content (AvgIpc) is 3.15. The maximum absolute atomic E-state index is 5.39. The zero-order valence-electron chi connectivity index (χ0n) is 16.4. The van der Waals surface area contributed by atoms with Gasteiger partial charge in [-0.25, -0.2) is 0 Å². The molecule has 0 bridgehead atoms. The molecule has 26 heavy (non-hydrogen) atoms. The Morgan fingerprint density at radius 2 is 1.96 bits per heavy atom. The third kappa shape index (κ3) is 6.20. The van der Waals surface area contributed by atoms with Crippen LogP contribution in [0.1, 0.15) is 19.3 Å². The first-order valence-electron chi connectivity index (χ1n) is 9.14. The van der Waals surface area contributed by atoms with E-state index >= 15 is 0 Å². The molecule has 7 heteroatoms. The number of benzene rings is 1. The summed E-state index contributed by atoms with van der Waals surface area (Å²) in [6, 6.07) is 6.40. The number of hydrogen-bond donors (Lipinski definition) is 2. The van der Waals surface area contributed by atoms with Gasteiger partial charge in [0.15, 0.2) is 5.96 Å². The Morgan fingerprint density at radius 1 is 1.23 bits per heavy atom. The highest BCUT2D eigenvalue weighted by atomic mass is 32.2. The molecular weight excluding hydrogens is 348 g/mol. The van der Waals surface area contributed by atoms with Crippen LogP contribution in [0.3, 0.4) is 0 Å². The van der Waals surface area contributed by atoms with Crippen molar-refractivity contribution in [1.29, 1.82) is 0 Å². The molecule has 1 atom stereocenters. The van der Waals surface area contributed by atoms with Crippen LogP contribution in [0.15, 0.2) is 23.2 Å². The van der Waals surface area contributed by atoms with Gasteiger partial charge in [0.1, 0.15) is 11.5 Å². The summed E-state index contributed by atoms with van der Waals surface area (Å²) < 4.78 is 10.8. The second-order valence-corrected chi connectivity index (χ2v) is 7.33. The van der Waals surface area contributed by atoms with Crippen molar-refractivity contribution < 1.29 is 9.47 Å². The predicted octanol–water partition coefficient (Wildman–Crippen LogP) is 2.59. The Hall–Kier alpha value is -1.76. The van der Waals surface area contributed by atoms with Crippen molar-refractivity contribution in [3.8, 4) is 11.5 Å². The van der Waals surface area contributed by atoms with E-state index in [0.717, 1.165) is 49.2 Å². The number of methoxy groups -OCH3 is 2. The summed E-state index contributed by atoms with van der Waals surface area (Å²) in [5.74, 6) is 3.75. The molecular formula is C19H32N4O2S. The van der Waals surface area contributed by atoms with E-state index in [1.54, 1.807) is 14.2 Å². The molecule has 1 heterocycles. The summed E-state index contributed by atoms with van der Waals surface area (Å²) in [6.45, 7) is 2.89.